The molecule has 2 rings (SSSR count). The van der Waals surface area contributed by atoms with Gasteiger partial charge in [-0.3, -0.25) is 9.48 Å². The first kappa shape index (κ1) is 17.2. The molecule has 2 aromatic rings. The molecule has 23 heavy (non-hydrogen) atoms. The van der Waals surface area contributed by atoms with E-state index >= 15 is 0 Å². The van der Waals surface area contributed by atoms with Gasteiger partial charge in [0.2, 0.25) is 0 Å². The van der Waals surface area contributed by atoms with Crippen molar-refractivity contribution in [2.24, 2.45) is 0 Å². The van der Waals surface area contributed by atoms with Crippen LogP contribution in [0.5, 0.6) is 0 Å². The molecule has 0 aliphatic heterocycles. The van der Waals surface area contributed by atoms with Crippen LogP contribution in [0.3, 0.4) is 0 Å². The second-order valence-corrected chi connectivity index (χ2v) is 5.89. The molecule has 5 nitrogen and oxygen atoms in total. The molecule has 0 spiro atoms. The van der Waals surface area contributed by atoms with Crippen LogP contribution in [0.15, 0.2) is 30.3 Å². The van der Waals surface area contributed by atoms with Gasteiger partial charge < -0.3 is 10.4 Å². The van der Waals surface area contributed by atoms with Crippen molar-refractivity contribution in [3.63, 3.8) is 0 Å². The van der Waals surface area contributed by atoms with Crippen LogP contribution in [0, 0.1) is 13.8 Å². The molecule has 1 atom stereocenters. The van der Waals surface area contributed by atoms with Crippen LogP contribution in [0.2, 0.25) is 0 Å². The maximum absolute atomic E-state index is 12.0. The van der Waals surface area contributed by atoms with Crippen molar-refractivity contribution in [1.29, 1.82) is 0 Å². The number of amides is 1. The average Bonchev–Trinajstić information content (AvgIpc) is 2.85. The highest BCUT2D eigenvalue weighted by atomic mass is 16.3. The van der Waals surface area contributed by atoms with Gasteiger partial charge in [-0.25, -0.2) is 0 Å². The zero-order chi connectivity index (χ0) is 16.8. The molecule has 1 heterocycles. The Morgan fingerprint density at radius 2 is 2.00 bits per heavy atom. The lowest BCUT2D eigenvalue weighted by Crippen LogP contribution is -2.27. The van der Waals surface area contributed by atoms with E-state index in [0.29, 0.717) is 31.5 Å². The van der Waals surface area contributed by atoms with Gasteiger partial charge in [0.1, 0.15) is 0 Å². The quantitative estimate of drug-likeness (QED) is 0.824. The molecule has 0 aliphatic carbocycles. The second kappa shape index (κ2) is 7.92. The third-order valence-electron chi connectivity index (χ3n) is 3.89. The van der Waals surface area contributed by atoms with Crippen LogP contribution < -0.4 is 5.32 Å². The van der Waals surface area contributed by atoms with Gasteiger partial charge in [-0.1, -0.05) is 19.1 Å². The number of hydrogen-bond donors (Lipinski definition) is 2. The Morgan fingerprint density at radius 1 is 1.30 bits per heavy atom. The fourth-order valence-corrected chi connectivity index (χ4v) is 2.43. The van der Waals surface area contributed by atoms with Crippen LogP contribution in [0.4, 0.5) is 0 Å². The maximum Gasteiger partial charge on any atom is 0.251 e. The van der Waals surface area contributed by atoms with Crippen molar-refractivity contribution in [3.8, 4) is 0 Å². The molecule has 0 saturated heterocycles. The molecule has 0 aliphatic rings. The fourth-order valence-electron chi connectivity index (χ4n) is 2.43. The zero-order valence-corrected chi connectivity index (χ0v) is 14.0. The van der Waals surface area contributed by atoms with E-state index < -0.39 is 0 Å². The fraction of sp³-hybridized carbons (Fsp3) is 0.444. The predicted octanol–water partition coefficient (Wildman–Crippen LogP) is 2.44. The number of hydrogen-bond acceptors (Lipinski definition) is 3. The first-order valence-corrected chi connectivity index (χ1v) is 8.06. The average molecular weight is 315 g/mol. The highest BCUT2D eigenvalue weighted by Gasteiger charge is 2.07. The Balaban J connectivity index is 1.91. The van der Waals surface area contributed by atoms with E-state index in [-0.39, 0.29) is 12.0 Å². The van der Waals surface area contributed by atoms with Gasteiger partial charge in [0, 0.05) is 17.8 Å². The summed E-state index contributed by atoms with van der Waals surface area (Å²) in [4.78, 5) is 12.0. The maximum atomic E-state index is 12.0. The lowest BCUT2D eigenvalue weighted by atomic mass is 10.1. The Kier molecular flexibility index (Phi) is 5.93. The Bertz CT molecular complexity index is 647. The van der Waals surface area contributed by atoms with E-state index in [4.69, 9.17) is 0 Å². The largest absolute Gasteiger partial charge is 0.393 e. The second-order valence-electron chi connectivity index (χ2n) is 5.89. The highest BCUT2D eigenvalue weighted by Crippen LogP contribution is 2.09. The van der Waals surface area contributed by atoms with Crippen LogP contribution >= 0.6 is 0 Å². The molecule has 2 N–H and O–H groups in total. The van der Waals surface area contributed by atoms with E-state index in [9.17, 15) is 9.90 Å². The highest BCUT2D eigenvalue weighted by molar-refractivity contribution is 5.94. The number of nitrogens with one attached hydrogen (secondary N) is 1. The van der Waals surface area contributed by atoms with Gasteiger partial charge in [-0.2, -0.15) is 5.10 Å². The number of nitrogens with zero attached hydrogens (tertiary/aromatic N) is 2. The third kappa shape index (κ3) is 4.93. The van der Waals surface area contributed by atoms with E-state index in [2.05, 4.69) is 10.4 Å². The number of carbonyl (C=O) groups excluding carboxylic acids is 1. The van der Waals surface area contributed by atoms with Crippen molar-refractivity contribution >= 4 is 5.91 Å². The first-order valence-electron chi connectivity index (χ1n) is 8.06. The van der Waals surface area contributed by atoms with Crippen LogP contribution in [-0.4, -0.2) is 33.4 Å². The topological polar surface area (TPSA) is 67.2 Å². The van der Waals surface area contributed by atoms with Crippen molar-refractivity contribution in [2.75, 3.05) is 6.54 Å². The number of aromatic nitrogens is 2. The Labute approximate surface area is 137 Å². The molecule has 1 aromatic heterocycles. The number of rotatable bonds is 7. The summed E-state index contributed by atoms with van der Waals surface area (Å²) in [6, 6.07) is 9.60. The molecule has 124 valence electrons. The minimum absolute atomic E-state index is 0.106. The Morgan fingerprint density at radius 3 is 2.57 bits per heavy atom. The summed E-state index contributed by atoms with van der Waals surface area (Å²) in [5.41, 5.74) is 3.87. The van der Waals surface area contributed by atoms with Crippen molar-refractivity contribution in [1.82, 2.24) is 15.1 Å². The van der Waals surface area contributed by atoms with E-state index in [1.807, 2.05) is 55.8 Å². The number of aliphatic hydroxyl groups excluding tert-OH is 1. The molecule has 0 fully saturated rings. The van der Waals surface area contributed by atoms with Gasteiger partial charge in [0.05, 0.1) is 18.3 Å². The van der Waals surface area contributed by atoms with Gasteiger partial charge in [0.15, 0.2) is 0 Å². The normalized spacial score (nSPS) is 12.2. The number of aryl methyl sites for hydroxylation is 2. The molecule has 5 heteroatoms. The lowest BCUT2D eigenvalue weighted by molar-refractivity contribution is 0.0942. The molecule has 0 bridgehead atoms. The summed E-state index contributed by atoms with van der Waals surface area (Å²) in [6.07, 6.45) is 0.938. The summed E-state index contributed by atoms with van der Waals surface area (Å²) in [5, 5.41) is 16.8. The van der Waals surface area contributed by atoms with Crippen LogP contribution in [0.1, 0.15) is 47.1 Å². The van der Waals surface area contributed by atoms with E-state index in [0.717, 1.165) is 17.0 Å². The molecule has 0 radical (unpaired) electrons. The van der Waals surface area contributed by atoms with Crippen molar-refractivity contribution in [3.05, 3.63) is 52.8 Å². The summed E-state index contributed by atoms with van der Waals surface area (Å²) < 4.78 is 1.95. The molecule has 1 unspecified atom stereocenters. The summed E-state index contributed by atoms with van der Waals surface area (Å²) in [5.74, 6) is -0.106. The molecular formula is C18H25N3O2. The molecule has 1 aromatic carbocycles. The Hall–Kier alpha value is -2.14. The predicted molar refractivity (Wildman–Crippen MR) is 90.5 cm³/mol. The lowest BCUT2D eigenvalue weighted by Gasteiger charge is -2.09. The van der Waals surface area contributed by atoms with Gasteiger partial charge in [0.25, 0.3) is 5.91 Å². The SMILES string of the molecule is CCC(O)CCNC(=O)c1ccc(Cn2nc(C)cc2C)cc1. The van der Waals surface area contributed by atoms with Crippen molar-refractivity contribution in [2.45, 2.75) is 46.3 Å². The summed E-state index contributed by atoms with van der Waals surface area (Å²) >= 11 is 0. The molecule has 1 amide bonds. The zero-order valence-electron chi connectivity index (χ0n) is 14.0. The number of carbonyl (C=O) groups is 1. The molecular weight excluding hydrogens is 290 g/mol. The minimum atomic E-state index is -0.349. The smallest absolute Gasteiger partial charge is 0.251 e. The van der Waals surface area contributed by atoms with Crippen molar-refractivity contribution < 1.29 is 9.90 Å². The minimum Gasteiger partial charge on any atom is -0.393 e. The molecule has 0 saturated carbocycles. The summed E-state index contributed by atoms with van der Waals surface area (Å²) in [6.45, 7) is 7.12. The van der Waals surface area contributed by atoms with Gasteiger partial charge in [-0.05, 0) is 50.5 Å². The number of benzene rings is 1. The summed E-state index contributed by atoms with van der Waals surface area (Å²) in [7, 11) is 0. The van der Waals surface area contributed by atoms with E-state index in [1.54, 1.807) is 0 Å². The van der Waals surface area contributed by atoms with Crippen LogP contribution in [0.25, 0.3) is 0 Å². The standard InChI is InChI=1S/C18H25N3O2/c1-4-17(22)9-10-19-18(23)16-7-5-15(6-8-16)12-21-14(3)11-13(2)20-21/h5-8,11,17,22H,4,9-10,12H2,1-3H3,(H,19,23). The van der Waals surface area contributed by atoms with Gasteiger partial charge >= 0.3 is 0 Å². The van der Waals surface area contributed by atoms with E-state index in [1.165, 1.54) is 0 Å². The first-order chi connectivity index (χ1) is 11.0. The van der Waals surface area contributed by atoms with Gasteiger partial charge in [-0.15, -0.1) is 0 Å². The number of aliphatic hydroxyl groups is 1. The van der Waals surface area contributed by atoms with Crippen LogP contribution in [-0.2, 0) is 6.54 Å². The third-order valence-corrected chi connectivity index (χ3v) is 3.89. The monoisotopic (exact) mass is 315 g/mol.